The van der Waals surface area contributed by atoms with E-state index >= 15 is 0 Å². The molecule has 1 rings (SSSR count). The van der Waals surface area contributed by atoms with E-state index in [1.807, 2.05) is 42.5 Å². The number of allylic oxidation sites excluding steroid dienone is 1. The molecule has 0 N–H and O–H groups in total. The molecule has 10 heavy (non-hydrogen) atoms. The van der Waals surface area contributed by atoms with Crippen molar-refractivity contribution in [2.75, 3.05) is 0 Å². The van der Waals surface area contributed by atoms with Crippen LogP contribution in [0.25, 0.3) is 0 Å². The predicted molar refractivity (Wildman–Crippen MR) is 41.4 cm³/mol. The zero-order valence-electron chi connectivity index (χ0n) is 5.96. The first-order valence-electron chi connectivity index (χ1n) is 3.17. The molecule has 0 radical (unpaired) electrons. The fourth-order valence-corrected chi connectivity index (χ4v) is 0.385. The molecule has 51 valence electrons. The van der Waals surface area contributed by atoms with Gasteiger partial charge in [-0.25, -0.2) is 0 Å². The van der Waals surface area contributed by atoms with Crippen molar-refractivity contribution in [3.05, 3.63) is 49.1 Å². The van der Waals surface area contributed by atoms with Gasteiger partial charge in [0.25, 0.3) is 0 Å². The Bertz CT molecular complexity index is 119. The van der Waals surface area contributed by atoms with Gasteiger partial charge in [-0.15, -0.1) is 0 Å². The van der Waals surface area contributed by atoms with Gasteiger partial charge in [-0.2, -0.15) is 0 Å². The molecule has 0 saturated carbocycles. The maximum Gasteiger partial charge on any atom is -0.0623 e. The quantitative estimate of drug-likeness (QED) is 0.680. The number of hydrogen-bond donors (Lipinski definition) is 0. The van der Waals surface area contributed by atoms with Crippen molar-refractivity contribution in [3.8, 4) is 0 Å². The number of benzene rings is 1. The monoisotopic (exact) mass is 259 g/mol. The molecule has 0 aliphatic carbocycles. The fraction of sp³-hybridized carbons (Fsp3) is 0.111. The van der Waals surface area contributed by atoms with Gasteiger partial charge < -0.3 is 0 Å². The Morgan fingerprint density at radius 3 is 1.30 bits per heavy atom. The molecular weight excluding hydrogens is 248 g/mol. The van der Waals surface area contributed by atoms with E-state index in [0.717, 1.165) is 0 Å². The van der Waals surface area contributed by atoms with Crippen LogP contribution in [0.5, 0.6) is 0 Å². The molecule has 0 aliphatic heterocycles. The number of hydrogen-bond acceptors (Lipinski definition) is 0. The van der Waals surface area contributed by atoms with Gasteiger partial charge in [0.2, 0.25) is 0 Å². The second-order valence-corrected chi connectivity index (χ2v) is 2.93. The van der Waals surface area contributed by atoms with Crippen molar-refractivity contribution in [2.45, 2.75) is 1.94 Å². The van der Waals surface area contributed by atoms with Crippen molar-refractivity contribution in [1.29, 1.82) is 0 Å². The Labute approximate surface area is 89.6 Å². The third-order valence-electron chi connectivity index (χ3n) is 0.811. The summed E-state index contributed by atoms with van der Waals surface area (Å²) >= 11 is 1.27. The van der Waals surface area contributed by atoms with E-state index in [4.69, 9.17) is 0 Å². The average molecular weight is 259 g/mol. The molecule has 0 aromatic heterocycles. The van der Waals surface area contributed by atoms with Gasteiger partial charge in [-0.3, -0.25) is 0 Å². The number of rotatable bonds is 1. The third-order valence-corrected chi connectivity index (χ3v) is 1.72. The summed E-state index contributed by atoms with van der Waals surface area (Å²) in [5.41, 5.74) is 0. The Hall–Kier alpha value is 0.337. The molecule has 0 fully saturated rings. The Morgan fingerprint density at radius 2 is 1.20 bits per heavy atom. The minimum atomic E-state index is 1.22. The van der Waals surface area contributed by atoms with E-state index in [1.54, 1.807) is 0 Å². The van der Waals surface area contributed by atoms with Crippen molar-refractivity contribution in [1.82, 2.24) is 0 Å². The standard InChI is InChI=1S/C6H6.C3H5.Ce/c1-2-4-6-5-3-1;1-3-2;/h1-6H;3H,1-2H2;. The van der Waals surface area contributed by atoms with E-state index in [9.17, 15) is 0 Å². The van der Waals surface area contributed by atoms with Crippen molar-refractivity contribution in [3.63, 3.8) is 0 Å². The first-order valence-corrected chi connectivity index (χ1v) is 5.39. The van der Waals surface area contributed by atoms with Crippen LogP contribution in [0.1, 0.15) is 0 Å². The van der Waals surface area contributed by atoms with Crippen LogP contribution < -0.4 is 0 Å². The van der Waals surface area contributed by atoms with Crippen molar-refractivity contribution >= 4 is 0 Å². The minimum absolute atomic E-state index is 1.22. The van der Waals surface area contributed by atoms with Crippen molar-refractivity contribution in [2.24, 2.45) is 0 Å². The zero-order valence-corrected chi connectivity index (χ0v) is 9.10. The Morgan fingerprint density at radius 1 is 1.00 bits per heavy atom. The van der Waals surface area contributed by atoms with Gasteiger partial charge in [0.15, 0.2) is 0 Å². The van der Waals surface area contributed by atoms with E-state index < -0.39 is 0 Å². The molecule has 0 unspecified atom stereocenters. The molecule has 0 heterocycles. The second-order valence-electron chi connectivity index (χ2n) is 1.65. The summed E-state index contributed by atoms with van der Waals surface area (Å²) in [6.45, 7) is 3.51. The largest absolute Gasteiger partial charge is 0.0623 e. The second kappa shape index (κ2) is 9.34. The fourth-order valence-electron chi connectivity index (χ4n) is 0.385. The van der Waals surface area contributed by atoms with Gasteiger partial charge in [0.05, 0.1) is 0 Å². The molecule has 0 saturated heterocycles. The molecule has 0 nitrogen and oxygen atoms in total. The average Bonchev–Trinajstić information content (AvgIpc) is 2.08. The maximum atomic E-state index is 3.51. The van der Waals surface area contributed by atoms with Crippen LogP contribution in [-0.4, -0.2) is 0 Å². The predicted octanol–water partition coefficient (Wildman–Crippen LogP) is 2.83. The van der Waals surface area contributed by atoms with Crippen LogP contribution in [0.4, 0.5) is 0 Å². The molecule has 0 atom stereocenters. The van der Waals surface area contributed by atoms with E-state index in [-0.39, 0.29) is 0 Å². The first-order chi connectivity index (χ1) is 4.91. The van der Waals surface area contributed by atoms with Crippen LogP contribution in [0.15, 0.2) is 49.1 Å². The first kappa shape index (κ1) is 10.3. The van der Waals surface area contributed by atoms with Gasteiger partial charge in [-0.1, -0.05) is 36.4 Å². The summed E-state index contributed by atoms with van der Waals surface area (Å²) in [6.07, 6.45) is 1.94. The van der Waals surface area contributed by atoms with Crippen molar-refractivity contribution < 1.29 is 39.6 Å². The zero-order chi connectivity index (χ0) is 7.66. The van der Waals surface area contributed by atoms with Crippen LogP contribution in [-0.2, 0) is 0 Å². The Balaban J connectivity index is 0.000000180. The molecule has 0 spiro atoms. The summed E-state index contributed by atoms with van der Waals surface area (Å²) in [7, 11) is 0. The maximum absolute atomic E-state index is 3.51. The van der Waals surface area contributed by atoms with Gasteiger partial charge in [-0.05, 0) is 0 Å². The van der Waals surface area contributed by atoms with Crippen LogP contribution >= 0.6 is 0 Å². The van der Waals surface area contributed by atoms with Crippen LogP contribution in [0.2, 0.25) is 1.94 Å². The van der Waals surface area contributed by atoms with Crippen LogP contribution in [0.3, 0.4) is 0 Å². The normalized spacial score (nSPS) is 7.10. The minimum Gasteiger partial charge on any atom is -0.0623 e. The summed E-state index contributed by atoms with van der Waals surface area (Å²) < 4.78 is 1.22. The van der Waals surface area contributed by atoms with Gasteiger partial charge >= 0.3 is 54.2 Å². The van der Waals surface area contributed by atoms with E-state index in [0.29, 0.717) is 0 Å². The summed E-state index contributed by atoms with van der Waals surface area (Å²) in [5.74, 6) is 0. The molecule has 1 aromatic rings. The molecule has 0 aliphatic rings. The summed E-state index contributed by atoms with van der Waals surface area (Å²) in [5, 5.41) is 0. The Kier molecular flexibility index (Phi) is 9.65. The topological polar surface area (TPSA) is 0 Å². The molecule has 0 amide bonds. The third kappa shape index (κ3) is 8.34. The van der Waals surface area contributed by atoms with E-state index in [2.05, 4.69) is 6.58 Å². The summed E-state index contributed by atoms with van der Waals surface area (Å²) in [4.78, 5) is 0. The smallest absolute Gasteiger partial charge is 0.0623 e. The SMILES string of the molecule is C=C[CH2][Ce].c1ccccc1. The molecular formula is C9H11Ce. The molecule has 1 aromatic carbocycles. The van der Waals surface area contributed by atoms with E-state index in [1.165, 1.54) is 41.6 Å². The van der Waals surface area contributed by atoms with Gasteiger partial charge in [0, 0.05) is 0 Å². The summed E-state index contributed by atoms with van der Waals surface area (Å²) in [6, 6.07) is 12.0. The van der Waals surface area contributed by atoms with Crippen LogP contribution in [0, 0.1) is 39.6 Å². The van der Waals surface area contributed by atoms with Gasteiger partial charge in [0.1, 0.15) is 0 Å². The molecule has 0 bridgehead atoms. The molecule has 1 heteroatoms.